The quantitative estimate of drug-likeness (QED) is 0.378. The fourth-order valence-electron chi connectivity index (χ4n) is 0.0527. The highest BCUT2D eigenvalue weighted by Crippen LogP contribution is 1.86. The standard InChI is InChI=1S/C5H8O/c1-3-5(2)4-6/h3-4,6H,1H2,2H3/b5-4-. The number of rotatable bonds is 1. The maximum absolute atomic E-state index is 8.10. The van der Waals surface area contributed by atoms with Crippen LogP contribution in [-0.4, -0.2) is 5.11 Å². The molecule has 0 aromatic carbocycles. The molecule has 0 fully saturated rings. The van der Waals surface area contributed by atoms with E-state index in [-0.39, 0.29) is 0 Å². The Balaban J connectivity index is 3.50. The van der Waals surface area contributed by atoms with Gasteiger partial charge in [-0.05, 0) is 12.5 Å². The summed E-state index contributed by atoms with van der Waals surface area (Å²) in [7, 11) is 0. The maximum atomic E-state index is 8.10. The molecule has 0 saturated heterocycles. The first-order chi connectivity index (χ1) is 2.81. The van der Waals surface area contributed by atoms with Crippen LogP contribution in [0.15, 0.2) is 24.5 Å². The minimum atomic E-state index is 0.787. The Labute approximate surface area is 37.6 Å². The molecule has 34 valence electrons. The maximum Gasteiger partial charge on any atom is 0.0820 e. The SMILES string of the molecule is C=C/C(C)=C\O. The molecule has 0 aliphatic heterocycles. The van der Waals surface area contributed by atoms with Gasteiger partial charge in [-0.25, -0.2) is 0 Å². The molecule has 0 unspecified atom stereocenters. The van der Waals surface area contributed by atoms with Crippen LogP contribution in [0.1, 0.15) is 6.92 Å². The van der Waals surface area contributed by atoms with E-state index in [2.05, 4.69) is 6.58 Å². The van der Waals surface area contributed by atoms with Crippen LogP contribution < -0.4 is 0 Å². The Morgan fingerprint density at radius 3 is 2.33 bits per heavy atom. The second-order valence-electron chi connectivity index (χ2n) is 1.08. The van der Waals surface area contributed by atoms with Crippen molar-refractivity contribution in [3.05, 3.63) is 24.5 Å². The van der Waals surface area contributed by atoms with Crippen LogP contribution >= 0.6 is 0 Å². The lowest BCUT2D eigenvalue weighted by atomic mass is 10.3. The summed E-state index contributed by atoms with van der Waals surface area (Å²) in [6.45, 7) is 5.17. The molecule has 0 rings (SSSR count). The average Bonchev–Trinajstić information content (AvgIpc) is 1.65. The van der Waals surface area contributed by atoms with E-state index in [0.717, 1.165) is 11.8 Å². The van der Waals surface area contributed by atoms with Crippen LogP contribution in [0.3, 0.4) is 0 Å². The summed E-state index contributed by atoms with van der Waals surface area (Å²) in [5.74, 6) is 0. The van der Waals surface area contributed by atoms with Crippen molar-refractivity contribution in [2.24, 2.45) is 0 Å². The third-order valence-electron chi connectivity index (χ3n) is 0.526. The molecule has 0 spiro atoms. The number of aliphatic hydroxyl groups excluding tert-OH is 1. The first-order valence-corrected chi connectivity index (χ1v) is 1.74. The molecule has 1 nitrogen and oxygen atoms in total. The van der Waals surface area contributed by atoms with Gasteiger partial charge in [0.1, 0.15) is 0 Å². The third kappa shape index (κ3) is 1.58. The van der Waals surface area contributed by atoms with Gasteiger partial charge in [0.15, 0.2) is 0 Å². The van der Waals surface area contributed by atoms with Gasteiger partial charge in [0.25, 0.3) is 0 Å². The summed E-state index contributed by atoms with van der Waals surface area (Å²) in [4.78, 5) is 0. The van der Waals surface area contributed by atoms with Crippen molar-refractivity contribution >= 4 is 0 Å². The molecular weight excluding hydrogens is 76.1 g/mol. The molecule has 0 heterocycles. The van der Waals surface area contributed by atoms with Crippen molar-refractivity contribution in [2.75, 3.05) is 0 Å². The van der Waals surface area contributed by atoms with E-state index in [1.54, 1.807) is 13.0 Å². The van der Waals surface area contributed by atoms with Gasteiger partial charge in [-0.2, -0.15) is 0 Å². The Hall–Kier alpha value is -0.720. The fraction of sp³-hybridized carbons (Fsp3) is 0.200. The molecule has 0 aliphatic rings. The van der Waals surface area contributed by atoms with Gasteiger partial charge in [-0.3, -0.25) is 0 Å². The number of hydrogen-bond donors (Lipinski definition) is 1. The number of allylic oxidation sites excluding steroid dienone is 2. The van der Waals surface area contributed by atoms with Crippen LogP contribution in [0.5, 0.6) is 0 Å². The summed E-state index contributed by atoms with van der Waals surface area (Å²) in [5.41, 5.74) is 0.787. The lowest BCUT2D eigenvalue weighted by Gasteiger charge is -1.77. The third-order valence-corrected chi connectivity index (χ3v) is 0.526. The van der Waals surface area contributed by atoms with Crippen LogP contribution in [-0.2, 0) is 0 Å². The second kappa shape index (κ2) is 2.51. The first kappa shape index (κ1) is 5.28. The van der Waals surface area contributed by atoms with Crippen molar-refractivity contribution in [1.29, 1.82) is 0 Å². The summed E-state index contributed by atoms with van der Waals surface area (Å²) in [6.07, 6.45) is 2.60. The van der Waals surface area contributed by atoms with Gasteiger partial charge in [0.05, 0.1) is 6.26 Å². The molecule has 0 bridgehead atoms. The van der Waals surface area contributed by atoms with Gasteiger partial charge < -0.3 is 5.11 Å². The van der Waals surface area contributed by atoms with Gasteiger partial charge in [0, 0.05) is 0 Å². The Morgan fingerprint density at radius 2 is 2.33 bits per heavy atom. The molecule has 0 saturated carbocycles. The molecule has 0 amide bonds. The molecule has 0 aromatic heterocycles. The van der Waals surface area contributed by atoms with Crippen LogP contribution in [0, 0.1) is 0 Å². The molecule has 0 atom stereocenters. The molecular formula is C5H8O. The predicted molar refractivity (Wildman–Crippen MR) is 26.6 cm³/mol. The van der Waals surface area contributed by atoms with Gasteiger partial charge in [0.2, 0.25) is 0 Å². The molecule has 0 radical (unpaired) electrons. The summed E-state index contributed by atoms with van der Waals surface area (Å²) in [5, 5.41) is 8.10. The Morgan fingerprint density at radius 1 is 1.83 bits per heavy atom. The van der Waals surface area contributed by atoms with E-state index in [0.29, 0.717) is 0 Å². The molecule has 6 heavy (non-hydrogen) atoms. The molecule has 1 N–H and O–H groups in total. The Bertz CT molecular complexity index is 72.0. The summed E-state index contributed by atoms with van der Waals surface area (Å²) >= 11 is 0. The average molecular weight is 84.1 g/mol. The highest BCUT2D eigenvalue weighted by Gasteiger charge is 1.68. The minimum absolute atomic E-state index is 0.787. The van der Waals surface area contributed by atoms with Gasteiger partial charge in [-0.1, -0.05) is 12.7 Å². The minimum Gasteiger partial charge on any atom is -0.515 e. The van der Waals surface area contributed by atoms with E-state index in [1.165, 1.54) is 0 Å². The lowest BCUT2D eigenvalue weighted by Crippen LogP contribution is -1.60. The molecule has 0 aromatic rings. The van der Waals surface area contributed by atoms with Gasteiger partial charge in [-0.15, -0.1) is 0 Å². The summed E-state index contributed by atoms with van der Waals surface area (Å²) in [6, 6.07) is 0. The smallest absolute Gasteiger partial charge is 0.0820 e. The number of hydrogen-bond acceptors (Lipinski definition) is 1. The first-order valence-electron chi connectivity index (χ1n) is 1.74. The van der Waals surface area contributed by atoms with E-state index >= 15 is 0 Å². The largest absolute Gasteiger partial charge is 0.515 e. The fourth-order valence-corrected chi connectivity index (χ4v) is 0.0527. The van der Waals surface area contributed by atoms with Crippen molar-refractivity contribution in [1.82, 2.24) is 0 Å². The normalized spacial score (nSPS) is 11.2. The van der Waals surface area contributed by atoms with Crippen molar-refractivity contribution in [3.8, 4) is 0 Å². The van der Waals surface area contributed by atoms with Crippen molar-refractivity contribution in [2.45, 2.75) is 6.92 Å². The lowest BCUT2D eigenvalue weighted by molar-refractivity contribution is 0.469. The van der Waals surface area contributed by atoms with Crippen molar-refractivity contribution in [3.63, 3.8) is 0 Å². The van der Waals surface area contributed by atoms with E-state index in [1.807, 2.05) is 0 Å². The monoisotopic (exact) mass is 84.1 g/mol. The van der Waals surface area contributed by atoms with Crippen LogP contribution in [0.25, 0.3) is 0 Å². The number of aliphatic hydroxyl groups is 1. The zero-order chi connectivity index (χ0) is 4.99. The Kier molecular flexibility index (Phi) is 2.21. The van der Waals surface area contributed by atoms with Crippen LogP contribution in [0.4, 0.5) is 0 Å². The summed E-state index contributed by atoms with van der Waals surface area (Å²) < 4.78 is 0. The second-order valence-corrected chi connectivity index (χ2v) is 1.08. The zero-order valence-corrected chi connectivity index (χ0v) is 3.81. The van der Waals surface area contributed by atoms with E-state index in [4.69, 9.17) is 5.11 Å². The molecule has 0 aliphatic carbocycles. The highest BCUT2D eigenvalue weighted by atomic mass is 16.2. The molecule has 1 heteroatoms. The van der Waals surface area contributed by atoms with E-state index in [9.17, 15) is 0 Å². The zero-order valence-electron chi connectivity index (χ0n) is 3.81. The van der Waals surface area contributed by atoms with Crippen LogP contribution in [0.2, 0.25) is 0 Å². The topological polar surface area (TPSA) is 20.2 Å². The highest BCUT2D eigenvalue weighted by molar-refractivity contribution is 5.08. The van der Waals surface area contributed by atoms with Crippen molar-refractivity contribution < 1.29 is 5.11 Å². The van der Waals surface area contributed by atoms with Gasteiger partial charge >= 0.3 is 0 Å². The predicted octanol–water partition coefficient (Wildman–Crippen LogP) is 1.63. The van der Waals surface area contributed by atoms with E-state index < -0.39 is 0 Å².